The van der Waals surface area contributed by atoms with Crippen LogP contribution in [0.3, 0.4) is 0 Å². The van der Waals surface area contributed by atoms with E-state index >= 15 is 0 Å². The topological polar surface area (TPSA) is 110 Å². The number of imidazole rings is 1. The zero-order valence-corrected chi connectivity index (χ0v) is 31.3. The molecule has 1 amide bonds. The largest absolute Gasteiger partial charge is 0.611 e. The standard InChI is InChI=1S/C41H50N4O6S/c1-4-6-20-48-21-22-49-37-12-7-32(8-13-37)33-9-16-39(44-19-17-41(29-44)50-23-24-51-41)34(26-33)25-31(3)40(46)43-35-10-14-38(15-11-35)52(47)28-36-27-42-30-45(36)18-5-2/h7-16,25-27,30H,4-6,17-24,28-29H2,1-3H3,(H,43,46). The highest BCUT2D eigenvalue weighted by atomic mass is 32.2. The highest BCUT2D eigenvalue weighted by molar-refractivity contribution is 7.90. The molecule has 3 heterocycles. The minimum atomic E-state index is -1.23. The maximum absolute atomic E-state index is 13.5. The predicted octanol–water partition coefficient (Wildman–Crippen LogP) is 7.46. The number of nitrogens with zero attached hydrogens (tertiary/aromatic N) is 3. The first kappa shape index (κ1) is 37.6. The predicted molar refractivity (Wildman–Crippen MR) is 206 cm³/mol. The van der Waals surface area contributed by atoms with Crippen LogP contribution in [0.15, 0.2) is 89.7 Å². The summed E-state index contributed by atoms with van der Waals surface area (Å²) in [6, 6.07) is 21.6. The zero-order chi connectivity index (χ0) is 36.3. The molecule has 1 spiro atoms. The van der Waals surface area contributed by atoms with Crippen LogP contribution in [-0.4, -0.2) is 71.9 Å². The molecule has 11 heteroatoms. The molecule has 2 fully saturated rings. The molecule has 6 rings (SSSR count). The van der Waals surface area contributed by atoms with Crippen LogP contribution in [0.25, 0.3) is 17.2 Å². The Labute approximate surface area is 310 Å². The van der Waals surface area contributed by atoms with E-state index in [2.05, 4.69) is 59.4 Å². The molecule has 1 N–H and O–H groups in total. The van der Waals surface area contributed by atoms with Crippen LogP contribution in [0.4, 0.5) is 11.4 Å². The van der Waals surface area contributed by atoms with E-state index in [1.54, 1.807) is 36.8 Å². The first-order valence-corrected chi connectivity index (χ1v) is 19.6. The quantitative estimate of drug-likeness (QED) is 0.0679. The van der Waals surface area contributed by atoms with Gasteiger partial charge in [0.05, 0.1) is 44.6 Å². The van der Waals surface area contributed by atoms with Gasteiger partial charge < -0.3 is 38.3 Å². The highest BCUT2D eigenvalue weighted by Crippen LogP contribution is 2.37. The van der Waals surface area contributed by atoms with Crippen LogP contribution >= 0.6 is 0 Å². The summed E-state index contributed by atoms with van der Waals surface area (Å²) in [5.41, 5.74) is 6.15. The molecule has 2 saturated heterocycles. The number of ether oxygens (including phenoxy) is 4. The molecule has 1 atom stereocenters. The van der Waals surface area contributed by atoms with Crippen molar-refractivity contribution < 1.29 is 28.3 Å². The van der Waals surface area contributed by atoms with E-state index in [1.807, 2.05) is 29.7 Å². The van der Waals surface area contributed by atoms with E-state index in [4.69, 9.17) is 18.9 Å². The van der Waals surface area contributed by atoms with E-state index in [0.717, 1.165) is 79.2 Å². The lowest BCUT2D eigenvalue weighted by Gasteiger charge is -2.25. The van der Waals surface area contributed by atoms with Gasteiger partial charge in [0.1, 0.15) is 12.4 Å². The Morgan fingerprint density at radius 3 is 2.52 bits per heavy atom. The summed E-state index contributed by atoms with van der Waals surface area (Å²) in [4.78, 5) is 20.7. The van der Waals surface area contributed by atoms with Crippen molar-refractivity contribution >= 4 is 34.5 Å². The number of amides is 1. The molecule has 1 aromatic heterocycles. The van der Waals surface area contributed by atoms with Gasteiger partial charge in [-0.3, -0.25) is 4.79 Å². The fraction of sp³-hybridized carbons (Fsp3) is 0.415. The van der Waals surface area contributed by atoms with Crippen LogP contribution in [0, 0.1) is 0 Å². The van der Waals surface area contributed by atoms with E-state index < -0.39 is 17.0 Å². The number of rotatable bonds is 17. The highest BCUT2D eigenvalue weighted by Gasteiger charge is 2.43. The van der Waals surface area contributed by atoms with Crippen molar-refractivity contribution in [2.45, 2.75) is 69.4 Å². The maximum atomic E-state index is 13.5. The molecule has 0 aliphatic carbocycles. The second kappa shape index (κ2) is 18.1. The van der Waals surface area contributed by atoms with Crippen LogP contribution in [0.2, 0.25) is 0 Å². The Balaban J connectivity index is 1.15. The van der Waals surface area contributed by atoms with Crippen LogP contribution in [-0.2, 0) is 42.5 Å². The molecule has 2 aliphatic heterocycles. The molecule has 0 bridgehead atoms. The summed E-state index contributed by atoms with van der Waals surface area (Å²) in [6.07, 6.45) is 9.43. The zero-order valence-electron chi connectivity index (χ0n) is 30.5. The molecule has 52 heavy (non-hydrogen) atoms. The van der Waals surface area contributed by atoms with Crippen molar-refractivity contribution in [2.24, 2.45) is 0 Å². The number of unbranched alkanes of at least 4 members (excludes halogenated alkanes) is 1. The first-order chi connectivity index (χ1) is 25.4. The number of hydrogen-bond donors (Lipinski definition) is 1. The molecular weight excluding hydrogens is 677 g/mol. The minimum Gasteiger partial charge on any atom is -0.611 e. The smallest absolute Gasteiger partial charge is 0.251 e. The normalized spacial score (nSPS) is 16.1. The number of anilines is 2. The van der Waals surface area contributed by atoms with Gasteiger partial charge in [0.25, 0.3) is 5.91 Å². The van der Waals surface area contributed by atoms with Crippen molar-refractivity contribution in [3.8, 4) is 16.9 Å². The fourth-order valence-electron chi connectivity index (χ4n) is 6.49. The molecule has 0 saturated carbocycles. The van der Waals surface area contributed by atoms with Gasteiger partial charge >= 0.3 is 0 Å². The number of carbonyl (C=O) groups is 1. The van der Waals surface area contributed by atoms with Crippen molar-refractivity contribution in [1.29, 1.82) is 0 Å². The summed E-state index contributed by atoms with van der Waals surface area (Å²) in [5, 5.41) is 3.01. The Morgan fingerprint density at radius 2 is 1.77 bits per heavy atom. The molecular formula is C41H50N4O6S. The number of aromatic nitrogens is 2. The van der Waals surface area contributed by atoms with Gasteiger partial charge in [0, 0.05) is 43.1 Å². The third-order valence-corrected chi connectivity index (χ3v) is 10.7. The Morgan fingerprint density at radius 1 is 1.00 bits per heavy atom. The third kappa shape index (κ3) is 9.64. The van der Waals surface area contributed by atoms with Crippen molar-refractivity contribution in [3.63, 3.8) is 0 Å². The van der Waals surface area contributed by atoms with E-state index in [-0.39, 0.29) is 5.91 Å². The molecule has 276 valence electrons. The molecule has 3 aromatic carbocycles. The minimum absolute atomic E-state index is 0.214. The van der Waals surface area contributed by atoms with Gasteiger partial charge in [0.15, 0.2) is 16.4 Å². The molecule has 2 aliphatic rings. The van der Waals surface area contributed by atoms with Gasteiger partial charge in [-0.25, -0.2) is 4.98 Å². The third-order valence-electron chi connectivity index (χ3n) is 9.35. The molecule has 4 aromatic rings. The van der Waals surface area contributed by atoms with Crippen LogP contribution in [0.1, 0.15) is 57.7 Å². The summed E-state index contributed by atoms with van der Waals surface area (Å²) < 4.78 is 38.7. The van der Waals surface area contributed by atoms with E-state index in [9.17, 15) is 9.35 Å². The van der Waals surface area contributed by atoms with E-state index in [1.165, 1.54) is 0 Å². The fourth-order valence-corrected chi connectivity index (χ4v) is 7.60. The molecule has 0 radical (unpaired) electrons. The van der Waals surface area contributed by atoms with Crippen LogP contribution < -0.4 is 15.0 Å². The van der Waals surface area contributed by atoms with Crippen molar-refractivity contribution in [3.05, 3.63) is 96.1 Å². The van der Waals surface area contributed by atoms with E-state index in [0.29, 0.717) is 54.9 Å². The lowest BCUT2D eigenvalue weighted by atomic mass is 9.99. The second-order valence-corrected chi connectivity index (χ2v) is 14.7. The number of aryl methyl sites for hydroxylation is 1. The molecule has 10 nitrogen and oxygen atoms in total. The van der Waals surface area contributed by atoms with Gasteiger partial charge in [0.2, 0.25) is 0 Å². The van der Waals surface area contributed by atoms with Gasteiger partial charge in [-0.2, -0.15) is 0 Å². The Bertz CT molecular complexity index is 1790. The molecule has 1 unspecified atom stereocenters. The van der Waals surface area contributed by atoms with Crippen LogP contribution in [0.5, 0.6) is 5.75 Å². The van der Waals surface area contributed by atoms with Gasteiger partial charge in [-0.15, -0.1) is 0 Å². The maximum Gasteiger partial charge on any atom is 0.251 e. The second-order valence-electron chi connectivity index (χ2n) is 13.3. The average Bonchev–Trinajstić information content (AvgIpc) is 3.92. The number of hydrogen-bond acceptors (Lipinski definition) is 8. The van der Waals surface area contributed by atoms with Gasteiger partial charge in [-0.1, -0.05) is 38.5 Å². The number of carbonyl (C=O) groups excluding carboxylic acids is 1. The first-order valence-electron chi connectivity index (χ1n) is 18.3. The number of nitrogens with one attached hydrogen (secondary N) is 1. The summed E-state index contributed by atoms with van der Waals surface area (Å²) in [5.74, 6) is 0.395. The monoisotopic (exact) mass is 726 g/mol. The summed E-state index contributed by atoms with van der Waals surface area (Å²) in [6.45, 7) is 11.4. The van der Waals surface area contributed by atoms with Crippen molar-refractivity contribution in [1.82, 2.24) is 9.55 Å². The Hall–Kier alpha value is -4.13. The number of benzene rings is 3. The SMILES string of the molecule is CCCCOCCOc1ccc(-c2ccc(N3CCC4(C3)OCCO4)c(C=C(C)C(=O)Nc3ccc([S+]([O-])Cc4cncn4CCC)cc3)c2)cc1. The summed E-state index contributed by atoms with van der Waals surface area (Å²) in [7, 11) is 0. The Kier molecular flexibility index (Phi) is 13.1. The lowest BCUT2D eigenvalue weighted by Crippen LogP contribution is -2.34. The van der Waals surface area contributed by atoms with Gasteiger partial charge in [-0.05, 0) is 102 Å². The summed E-state index contributed by atoms with van der Waals surface area (Å²) >= 11 is -1.23. The average molecular weight is 727 g/mol. The van der Waals surface area contributed by atoms with Crippen molar-refractivity contribution in [2.75, 3.05) is 56.3 Å². The lowest BCUT2D eigenvalue weighted by molar-refractivity contribution is -0.137.